The van der Waals surface area contributed by atoms with Crippen molar-refractivity contribution in [2.45, 2.75) is 56.7 Å². The molecule has 0 spiro atoms. The molecule has 218 valence electrons. The van der Waals surface area contributed by atoms with Crippen LogP contribution in [0.2, 0.25) is 0 Å². The van der Waals surface area contributed by atoms with Gasteiger partial charge in [-0.2, -0.15) is 0 Å². The highest BCUT2D eigenvalue weighted by Crippen LogP contribution is 2.46. The van der Waals surface area contributed by atoms with E-state index in [1.807, 2.05) is 12.3 Å². The lowest BCUT2D eigenvalue weighted by atomic mass is 9.87. The first-order valence-electron chi connectivity index (χ1n) is 14.2. The number of nitrogens with one attached hydrogen (secondary N) is 1. The van der Waals surface area contributed by atoms with Gasteiger partial charge in [-0.1, -0.05) is 0 Å². The fourth-order valence-corrected chi connectivity index (χ4v) is 5.48. The first kappa shape index (κ1) is 28.2. The fraction of sp³-hybridized carbons (Fsp3) is 0.364. The van der Waals surface area contributed by atoms with Gasteiger partial charge in [0.15, 0.2) is 5.82 Å². The fourth-order valence-electron chi connectivity index (χ4n) is 5.48. The Hall–Kier alpha value is -3.95. The van der Waals surface area contributed by atoms with Crippen molar-refractivity contribution in [2.75, 3.05) is 13.7 Å². The number of halogens is 2. The minimum atomic E-state index is -1.64. The molecule has 0 aliphatic heterocycles. The lowest BCUT2D eigenvalue weighted by Crippen LogP contribution is -2.43. The van der Waals surface area contributed by atoms with E-state index >= 15 is 4.39 Å². The summed E-state index contributed by atoms with van der Waals surface area (Å²) in [7, 11) is 1.53. The number of hydrogen-bond acceptors (Lipinski definition) is 6. The van der Waals surface area contributed by atoms with E-state index in [4.69, 9.17) is 4.74 Å². The van der Waals surface area contributed by atoms with Crippen molar-refractivity contribution in [1.29, 1.82) is 0 Å². The second-order valence-corrected chi connectivity index (χ2v) is 12.0. The van der Waals surface area contributed by atoms with Crippen LogP contribution in [0.1, 0.15) is 72.6 Å². The molecular formula is C33H33F2N3O4. The summed E-state index contributed by atoms with van der Waals surface area (Å²) >= 11 is 0. The van der Waals surface area contributed by atoms with Gasteiger partial charge in [-0.15, -0.1) is 0 Å². The molecule has 1 amide bonds. The summed E-state index contributed by atoms with van der Waals surface area (Å²) < 4.78 is 34.8. The molecule has 2 aromatic carbocycles. The lowest BCUT2D eigenvalue weighted by molar-refractivity contribution is 0.00864. The van der Waals surface area contributed by atoms with Crippen LogP contribution in [0.4, 0.5) is 8.78 Å². The van der Waals surface area contributed by atoms with E-state index in [-0.39, 0.29) is 29.4 Å². The van der Waals surface area contributed by atoms with Crippen molar-refractivity contribution < 1.29 is 28.5 Å². The molecule has 2 fully saturated rings. The number of ether oxygens (including phenoxy) is 1. The molecule has 2 heterocycles. The maximum atomic E-state index is 15.7. The molecule has 0 saturated heterocycles. The van der Waals surface area contributed by atoms with Crippen LogP contribution in [-0.2, 0) is 11.2 Å². The Morgan fingerprint density at radius 3 is 2.38 bits per heavy atom. The molecule has 0 radical (unpaired) electrons. The maximum absolute atomic E-state index is 15.7. The van der Waals surface area contributed by atoms with Crippen molar-refractivity contribution in [1.82, 2.24) is 15.3 Å². The quantitative estimate of drug-likeness (QED) is 0.237. The SMILES string of the molecule is COc1cc(C(=O)NC[C@](O)(c2cc(C(C)(C)O)c(F)c(-c3ccc(F)cc3)n2)C2CC2)cc2cc(C3CC3)cnc12. The molecule has 4 aromatic rings. The van der Waals surface area contributed by atoms with Gasteiger partial charge in [0.25, 0.3) is 5.91 Å². The normalized spacial score (nSPS) is 16.7. The summed E-state index contributed by atoms with van der Waals surface area (Å²) in [5, 5.41) is 26.5. The van der Waals surface area contributed by atoms with Crippen molar-refractivity contribution in [2.24, 2.45) is 5.92 Å². The molecule has 2 aromatic heterocycles. The van der Waals surface area contributed by atoms with Crippen LogP contribution in [0.25, 0.3) is 22.2 Å². The Morgan fingerprint density at radius 1 is 1.05 bits per heavy atom. The first-order chi connectivity index (χ1) is 20.0. The summed E-state index contributed by atoms with van der Waals surface area (Å²) in [6.07, 6.45) is 5.48. The van der Waals surface area contributed by atoms with Crippen molar-refractivity contribution in [3.8, 4) is 17.0 Å². The highest BCUT2D eigenvalue weighted by Gasteiger charge is 2.47. The third-order valence-electron chi connectivity index (χ3n) is 8.25. The predicted octanol–water partition coefficient (Wildman–Crippen LogP) is 5.72. The van der Waals surface area contributed by atoms with Crippen molar-refractivity contribution in [3.63, 3.8) is 0 Å². The Kier molecular flexibility index (Phi) is 6.98. The van der Waals surface area contributed by atoms with Crippen LogP contribution in [0.3, 0.4) is 0 Å². The van der Waals surface area contributed by atoms with Gasteiger partial charge in [0.1, 0.15) is 28.4 Å². The van der Waals surface area contributed by atoms with E-state index in [1.54, 1.807) is 12.1 Å². The Morgan fingerprint density at radius 2 is 1.76 bits per heavy atom. The summed E-state index contributed by atoms with van der Waals surface area (Å²) in [4.78, 5) is 22.5. The third-order valence-corrected chi connectivity index (χ3v) is 8.25. The number of fused-ring (bicyclic) bond motifs is 1. The number of amides is 1. The van der Waals surface area contributed by atoms with Crippen LogP contribution in [0.5, 0.6) is 5.75 Å². The second kappa shape index (κ2) is 10.4. The highest BCUT2D eigenvalue weighted by atomic mass is 19.1. The lowest BCUT2D eigenvalue weighted by Gasteiger charge is -2.31. The number of carbonyl (C=O) groups excluding carboxylic acids is 1. The molecule has 0 bridgehead atoms. The Bertz CT molecular complexity index is 1680. The van der Waals surface area contributed by atoms with Crippen LogP contribution in [0, 0.1) is 17.6 Å². The van der Waals surface area contributed by atoms with Crippen LogP contribution >= 0.6 is 0 Å². The molecule has 7 nitrogen and oxygen atoms in total. The molecule has 2 saturated carbocycles. The minimum absolute atomic E-state index is 0.0598. The smallest absolute Gasteiger partial charge is 0.251 e. The zero-order valence-electron chi connectivity index (χ0n) is 23.7. The van der Waals surface area contributed by atoms with E-state index in [2.05, 4.69) is 15.3 Å². The summed E-state index contributed by atoms with van der Waals surface area (Å²) in [5.41, 5.74) is -0.849. The van der Waals surface area contributed by atoms with Crippen LogP contribution in [-0.4, -0.2) is 39.7 Å². The molecule has 1 atom stereocenters. The number of methoxy groups -OCH3 is 1. The number of nitrogens with zero attached hydrogens (tertiary/aromatic N) is 2. The maximum Gasteiger partial charge on any atom is 0.251 e. The van der Waals surface area contributed by atoms with Gasteiger partial charge < -0.3 is 20.3 Å². The van der Waals surface area contributed by atoms with Gasteiger partial charge in [-0.25, -0.2) is 13.8 Å². The molecule has 2 aliphatic rings. The zero-order valence-corrected chi connectivity index (χ0v) is 23.7. The number of carbonyl (C=O) groups is 1. The van der Waals surface area contributed by atoms with E-state index < -0.39 is 28.7 Å². The van der Waals surface area contributed by atoms with E-state index in [0.29, 0.717) is 41.2 Å². The summed E-state index contributed by atoms with van der Waals surface area (Å²) in [6.45, 7) is 2.69. The number of aliphatic hydroxyl groups is 2. The second-order valence-electron chi connectivity index (χ2n) is 12.0. The van der Waals surface area contributed by atoms with Gasteiger partial charge >= 0.3 is 0 Å². The zero-order chi connectivity index (χ0) is 29.8. The molecule has 0 unspecified atom stereocenters. The van der Waals surface area contributed by atoms with Crippen molar-refractivity contribution in [3.05, 3.63) is 88.7 Å². The number of rotatable bonds is 9. The number of pyridine rings is 2. The molecule has 3 N–H and O–H groups in total. The molecule has 2 aliphatic carbocycles. The summed E-state index contributed by atoms with van der Waals surface area (Å²) in [5.74, 6) is -0.938. The van der Waals surface area contributed by atoms with E-state index in [1.165, 1.54) is 51.3 Å². The summed E-state index contributed by atoms with van der Waals surface area (Å²) in [6, 6.07) is 12.0. The predicted molar refractivity (Wildman–Crippen MR) is 154 cm³/mol. The average Bonchev–Trinajstić information content (AvgIpc) is 3.88. The molecular weight excluding hydrogens is 540 g/mol. The third kappa shape index (κ3) is 5.34. The van der Waals surface area contributed by atoms with Gasteiger partial charge in [-0.3, -0.25) is 9.78 Å². The topological polar surface area (TPSA) is 105 Å². The van der Waals surface area contributed by atoms with E-state index in [9.17, 15) is 19.4 Å². The van der Waals surface area contributed by atoms with Crippen LogP contribution < -0.4 is 10.1 Å². The van der Waals surface area contributed by atoms with E-state index in [0.717, 1.165) is 23.8 Å². The Labute approximate surface area is 242 Å². The van der Waals surface area contributed by atoms with Gasteiger partial charge in [-0.05, 0) is 105 Å². The largest absolute Gasteiger partial charge is 0.494 e. The van der Waals surface area contributed by atoms with Gasteiger partial charge in [0.2, 0.25) is 0 Å². The highest BCUT2D eigenvalue weighted by molar-refractivity contribution is 6.00. The molecule has 6 rings (SSSR count). The number of aromatic nitrogens is 2. The van der Waals surface area contributed by atoms with Gasteiger partial charge in [0.05, 0.1) is 24.9 Å². The molecule has 42 heavy (non-hydrogen) atoms. The first-order valence-corrected chi connectivity index (χ1v) is 14.2. The van der Waals surface area contributed by atoms with Crippen molar-refractivity contribution >= 4 is 16.8 Å². The standard InChI is InChI=1S/C33H33F2N3O4/c1-32(2,40)25-15-27(38-30(28(25)35)19-6-10-24(34)11-7-19)33(41,23-8-9-23)17-37-31(39)21-12-20-13-22(18-4-5-18)16-36-29(20)26(14-21)42-3/h6-7,10-16,18,23,40-41H,4-5,8-9,17H2,1-3H3,(H,37,39)/t33-/m1/s1. The van der Waals surface area contributed by atoms with Crippen LogP contribution in [0.15, 0.2) is 54.7 Å². The van der Waals surface area contributed by atoms with Gasteiger partial charge in [0, 0.05) is 28.3 Å². The number of hydrogen-bond donors (Lipinski definition) is 3. The minimum Gasteiger partial charge on any atom is -0.494 e. The Balaban J connectivity index is 1.35. The average molecular weight is 574 g/mol. The number of benzene rings is 2. The molecule has 9 heteroatoms. The monoisotopic (exact) mass is 573 g/mol.